The van der Waals surface area contributed by atoms with Crippen molar-refractivity contribution in [1.29, 1.82) is 0 Å². The molecule has 164 valence electrons. The van der Waals surface area contributed by atoms with Crippen LogP contribution in [0.3, 0.4) is 0 Å². The molecule has 0 bridgehead atoms. The molecule has 1 amide bonds. The van der Waals surface area contributed by atoms with Crippen LogP contribution >= 0.6 is 0 Å². The van der Waals surface area contributed by atoms with Gasteiger partial charge in [0.25, 0.3) is 5.89 Å². The number of benzene rings is 2. The topological polar surface area (TPSA) is 88.7 Å². The molecule has 2 fully saturated rings. The quantitative estimate of drug-likeness (QED) is 0.615. The van der Waals surface area contributed by atoms with Crippen LogP contribution in [0.1, 0.15) is 36.4 Å². The summed E-state index contributed by atoms with van der Waals surface area (Å²) < 4.78 is 11.4. The van der Waals surface area contributed by atoms with E-state index in [4.69, 9.17) is 9.26 Å². The first-order valence-electron chi connectivity index (χ1n) is 11.3. The molecule has 1 saturated heterocycles. The second-order valence-corrected chi connectivity index (χ2v) is 9.00. The van der Waals surface area contributed by atoms with Gasteiger partial charge in [0.05, 0.1) is 19.3 Å². The molecule has 2 atom stereocenters. The molecule has 2 unspecified atom stereocenters. The van der Waals surface area contributed by atoms with Crippen molar-refractivity contribution in [3.05, 3.63) is 53.6 Å². The van der Waals surface area contributed by atoms with E-state index >= 15 is 0 Å². The maximum Gasteiger partial charge on any atom is 0.258 e. The summed E-state index contributed by atoms with van der Waals surface area (Å²) in [6.07, 6.45) is 3.86. The zero-order chi connectivity index (χ0) is 21.7. The highest BCUT2D eigenvalue weighted by Gasteiger charge is 2.46. The number of fused-ring (bicyclic) bond motifs is 3. The fourth-order valence-corrected chi connectivity index (χ4v) is 5.06. The highest BCUT2D eigenvalue weighted by atomic mass is 16.5. The normalized spacial score (nSPS) is 21.7. The Morgan fingerprint density at radius 1 is 1.12 bits per heavy atom. The van der Waals surface area contributed by atoms with Crippen LogP contribution in [0.5, 0.6) is 5.75 Å². The fraction of sp³-hybridized carbons (Fsp3) is 0.400. The lowest BCUT2D eigenvalue weighted by molar-refractivity contribution is -0.129. The first kappa shape index (κ1) is 19.5. The van der Waals surface area contributed by atoms with E-state index in [-0.39, 0.29) is 24.5 Å². The third kappa shape index (κ3) is 3.37. The molecule has 7 heteroatoms. The molecule has 0 spiro atoms. The van der Waals surface area contributed by atoms with Crippen molar-refractivity contribution in [1.82, 2.24) is 15.0 Å². The summed E-state index contributed by atoms with van der Waals surface area (Å²) in [5.41, 5.74) is 4.11. The molecule has 6 rings (SSSR count). The number of ether oxygens (including phenoxy) is 1. The summed E-state index contributed by atoms with van der Waals surface area (Å²) in [6, 6.07) is 13.9. The number of aromatic nitrogens is 2. The minimum absolute atomic E-state index is 0.0252. The monoisotopic (exact) mass is 431 g/mol. The highest BCUT2D eigenvalue weighted by Crippen LogP contribution is 2.49. The fourth-order valence-electron chi connectivity index (χ4n) is 5.06. The molecule has 3 aliphatic rings. The van der Waals surface area contributed by atoms with E-state index in [1.807, 2.05) is 41.3 Å². The Kier molecular flexibility index (Phi) is 4.72. The number of hydrogen-bond acceptors (Lipinski definition) is 6. The van der Waals surface area contributed by atoms with Crippen LogP contribution in [0.25, 0.3) is 22.8 Å². The van der Waals surface area contributed by atoms with Crippen molar-refractivity contribution in [2.75, 3.05) is 19.8 Å². The van der Waals surface area contributed by atoms with Gasteiger partial charge in [-0.05, 0) is 66.5 Å². The van der Waals surface area contributed by atoms with E-state index in [2.05, 4.69) is 16.2 Å². The molecule has 3 aromatic rings. The number of aliphatic hydroxyl groups excluding tert-OH is 1. The van der Waals surface area contributed by atoms with Gasteiger partial charge in [0.2, 0.25) is 11.7 Å². The van der Waals surface area contributed by atoms with Crippen molar-refractivity contribution < 1.29 is 19.2 Å². The van der Waals surface area contributed by atoms with E-state index in [0.717, 1.165) is 35.5 Å². The molecule has 2 aliphatic carbocycles. The van der Waals surface area contributed by atoms with Gasteiger partial charge in [0, 0.05) is 24.1 Å². The van der Waals surface area contributed by atoms with Gasteiger partial charge in [-0.3, -0.25) is 4.79 Å². The van der Waals surface area contributed by atoms with Crippen molar-refractivity contribution in [2.45, 2.75) is 31.7 Å². The molecule has 7 nitrogen and oxygen atoms in total. The van der Waals surface area contributed by atoms with Gasteiger partial charge in [-0.1, -0.05) is 23.4 Å². The summed E-state index contributed by atoms with van der Waals surface area (Å²) >= 11 is 0. The molecule has 2 aromatic carbocycles. The lowest BCUT2D eigenvalue weighted by atomic mass is 10.0. The van der Waals surface area contributed by atoms with E-state index < -0.39 is 0 Å². The summed E-state index contributed by atoms with van der Waals surface area (Å²) in [5, 5.41) is 13.7. The number of rotatable bonds is 7. The van der Waals surface area contributed by atoms with Crippen LogP contribution in [0.15, 0.2) is 47.0 Å². The molecule has 2 heterocycles. The lowest BCUT2D eigenvalue weighted by Crippen LogP contribution is -2.30. The maximum absolute atomic E-state index is 12.4. The number of carbonyl (C=O) groups excluding carboxylic acids is 1. The molecule has 1 saturated carbocycles. The highest BCUT2D eigenvalue weighted by molar-refractivity contribution is 5.81. The first-order valence-corrected chi connectivity index (χ1v) is 11.3. The molecule has 32 heavy (non-hydrogen) atoms. The van der Waals surface area contributed by atoms with Gasteiger partial charge < -0.3 is 19.3 Å². The average Bonchev–Trinajstić information content (AvgIpc) is 3.25. The summed E-state index contributed by atoms with van der Waals surface area (Å²) in [7, 11) is 0. The Labute approximate surface area is 186 Å². The SMILES string of the molecule is O=C1CC2Cc3c(-c4noc(-c5ccc(OCC6CC6)cc5)n4)cccc3C2N1CCO. The van der Waals surface area contributed by atoms with Gasteiger partial charge in [-0.2, -0.15) is 4.98 Å². The molecule has 1 aromatic heterocycles. The van der Waals surface area contributed by atoms with Crippen LogP contribution in [0.4, 0.5) is 0 Å². The van der Waals surface area contributed by atoms with E-state index in [1.54, 1.807) is 0 Å². The Morgan fingerprint density at radius 3 is 2.75 bits per heavy atom. The summed E-state index contributed by atoms with van der Waals surface area (Å²) in [5.74, 6) is 2.97. The van der Waals surface area contributed by atoms with Crippen molar-refractivity contribution in [3.8, 4) is 28.6 Å². The number of nitrogens with zero attached hydrogens (tertiary/aromatic N) is 3. The second kappa shape index (κ2) is 7.74. The Hall–Kier alpha value is -3.19. The lowest BCUT2D eigenvalue weighted by Gasteiger charge is -2.24. The van der Waals surface area contributed by atoms with Gasteiger partial charge in [-0.25, -0.2) is 0 Å². The van der Waals surface area contributed by atoms with Gasteiger partial charge in [-0.15, -0.1) is 0 Å². The third-order valence-corrected chi connectivity index (χ3v) is 6.83. The van der Waals surface area contributed by atoms with Gasteiger partial charge in [0.15, 0.2) is 0 Å². The summed E-state index contributed by atoms with van der Waals surface area (Å²) in [4.78, 5) is 18.9. The van der Waals surface area contributed by atoms with Crippen molar-refractivity contribution >= 4 is 5.91 Å². The van der Waals surface area contributed by atoms with Crippen LogP contribution in [0, 0.1) is 11.8 Å². The predicted molar refractivity (Wildman–Crippen MR) is 117 cm³/mol. The van der Waals surface area contributed by atoms with Gasteiger partial charge >= 0.3 is 0 Å². The average molecular weight is 431 g/mol. The number of likely N-dealkylation sites (tertiary alicyclic amines) is 1. The van der Waals surface area contributed by atoms with Gasteiger partial charge in [0.1, 0.15) is 5.75 Å². The zero-order valence-electron chi connectivity index (χ0n) is 17.7. The van der Waals surface area contributed by atoms with Crippen LogP contribution < -0.4 is 4.74 Å². The zero-order valence-corrected chi connectivity index (χ0v) is 17.7. The predicted octanol–water partition coefficient (Wildman–Crippen LogP) is 3.63. The number of carbonyl (C=O) groups is 1. The number of hydrogen-bond donors (Lipinski definition) is 1. The first-order chi connectivity index (χ1) is 15.7. The van der Waals surface area contributed by atoms with Crippen LogP contribution in [-0.2, 0) is 11.2 Å². The van der Waals surface area contributed by atoms with E-state index in [1.165, 1.54) is 18.4 Å². The minimum Gasteiger partial charge on any atom is -0.493 e. The maximum atomic E-state index is 12.4. The number of β-amino-alcohol motifs (C(OH)–C–C–N with tert-alkyl or cyclic N) is 1. The standard InChI is InChI=1S/C25H25N3O4/c29-11-10-28-22(30)13-17-12-21-19(23(17)28)2-1-3-20(21)24-26-25(32-27-24)16-6-8-18(9-7-16)31-14-15-4-5-15/h1-3,6-9,15,17,23,29H,4-5,10-14H2. The Morgan fingerprint density at radius 2 is 1.97 bits per heavy atom. The molecule has 1 aliphatic heterocycles. The molecule has 1 N–H and O–H groups in total. The van der Waals surface area contributed by atoms with Crippen molar-refractivity contribution in [3.63, 3.8) is 0 Å². The molecular formula is C25H25N3O4. The van der Waals surface area contributed by atoms with Crippen molar-refractivity contribution in [2.24, 2.45) is 11.8 Å². The van der Waals surface area contributed by atoms with Crippen LogP contribution in [-0.4, -0.2) is 45.8 Å². The Balaban J connectivity index is 1.26. The Bertz CT molecular complexity index is 1150. The molecule has 0 radical (unpaired) electrons. The van der Waals surface area contributed by atoms with E-state index in [9.17, 15) is 9.90 Å². The summed E-state index contributed by atoms with van der Waals surface area (Å²) in [6.45, 7) is 1.13. The largest absolute Gasteiger partial charge is 0.493 e. The minimum atomic E-state index is -0.0252. The smallest absolute Gasteiger partial charge is 0.258 e. The van der Waals surface area contributed by atoms with Crippen LogP contribution in [0.2, 0.25) is 0 Å². The number of amides is 1. The third-order valence-electron chi connectivity index (χ3n) is 6.83. The number of aliphatic hydroxyl groups is 1. The second-order valence-electron chi connectivity index (χ2n) is 9.00. The van der Waals surface area contributed by atoms with E-state index in [0.29, 0.717) is 30.6 Å². The molecular weight excluding hydrogens is 406 g/mol.